The van der Waals surface area contributed by atoms with Crippen molar-refractivity contribution >= 4 is 35.8 Å². The molecule has 0 aliphatic heterocycles. The van der Waals surface area contributed by atoms with Gasteiger partial charge in [0.05, 0.1) is 12.6 Å². The Morgan fingerprint density at radius 1 is 1.41 bits per heavy atom. The van der Waals surface area contributed by atoms with Crippen LogP contribution in [0.3, 0.4) is 0 Å². The number of hydrogen-bond donors (Lipinski definition) is 2. The van der Waals surface area contributed by atoms with Crippen molar-refractivity contribution in [2.75, 3.05) is 34.3 Å². The van der Waals surface area contributed by atoms with E-state index in [1.165, 1.54) is 19.3 Å². The molecule has 2 aliphatic rings. The molecular weight excluding hydrogens is 395 g/mol. The fourth-order valence-corrected chi connectivity index (χ4v) is 3.32. The number of rotatable bonds is 5. The lowest BCUT2D eigenvalue weighted by atomic mass is 9.51. The van der Waals surface area contributed by atoms with E-state index in [0.29, 0.717) is 23.5 Å². The van der Waals surface area contributed by atoms with Gasteiger partial charge in [0.15, 0.2) is 5.96 Å². The van der Waals surface area contributed by atoms with Crippen LogP contribution >= 0.6 is 24.0 Å². The van der Waals surface area contributed by atoms with Crippen LogP contribution in [-0.4, -0.2) is 63.2 Å². The summed E-state index contributed by atoms with van der Waals surface area (Å²) in [6, 6.07) is 0.406. The largest absolute Gasteiger partial charge is 0.378 e. The van der Waals surface area contributed by atoms with Crippen LogP contribution in [0.25, 0.3) is 0 Å². The van der Waals surface area contributed by atoms with E-state index in [2.05, 4.69) is 22.5 Å². The predicted octanol–water partition coefficient (Wildman–Crippen LogP) is 1.21. The summed E-state index contributed by atoms with van der Waals surface area (Å²) in [6.07, 6.45) is 5.14. The number of nitrogens with zero attached hydrogens (tertiary/aromatic N) is 2. The fraction of sp³-hybridized carbons (Fsp3) is 0.867. The minimum atomic E-state index is 0. The smallest absolute Gasteiger partial charge is 0.241 e. The Hall–Kier alpha value is -0.570. The van der Waals surface area contributed by atoms with Crippen LogP contribution in [0.1, 0.15) is 32.6 Å². The van der Waals surface area contributed by atoms with E-state index >= 15 is 0 Å². The van der Waals surface area contributed by atoms with Gasteiger partial charge < -0.3 is 20.3 Å². The third kappa shape index (κ3) is 3.84. The van der Waals surface area contributed by atoms with Crippen LogP contribution < -0.4 is 10.6 Å². The topological polar surface area (TPSA) is 66.0 Å². The molecule has 2 atom stereocenters. The van der Waals surface area contributed by atoms with Gasteiger partial charge in [-0.2, -0.15) is 0 Å². The molecule has 2 rings (SSSR count). The van der Waals surface area contributed by atoms with Gasteiger partial charge in [-0.25, -0.2) is 0 Å². The highest BCUT2D eigenvalue weighted by atomic mass is 127. The summed E-state index contributed by atoms with van der Waals surface area (Å²) >= 11 is 0. The second-order valence-electron chi connectivity index (χ2n) is 6.18. The zero-order valence-electron chi connectivity index (χ0n) is 14.0. The number of amides is 1. The molecular formula is C15H29IN4O2. The van der Waals surface area contributed by atoms with E-state index in [1.54, 1.807) is 26.0 Å². The molecule has 128 valence electrons. The SMILES string of the molecule is CCOC1CC(NC(=NC)NCC(=O)N(C)C)C12CCC2.I. The Labute approximate surface area is 150 Å². The zero-order chi connectivity index (χ0) is 15.5. The zero-order valence-corrected chi connectivity index (χ0v) is 16.3. The number of carbonyl (C=O) groups excluding carboxylic acids is 1. The maximum absolute atomic E-state index is 11.6. The lowest BCUT2D eigenvalue weighted by Gasteiger charge is -2.61. The van der Waals surface area contributed by atoms with Gasteiger partial charge in [-0.05, 0) is 26.2 Å². The Morgan fingerprint density at radius 3 is 2.55 bits per heavy atom. The van der Waals surface area contributed by atoms with Crippen molar-refractivity contribution in [1.82, 2.24) is 15.5 Å². The first kappa shape index (κ1) is 19.5. The lowest BCUT2D eigenvalue weighted by Crippen LogP contribution is -2.68. The normalized spacial score (nSPS) is 25.5. The monoisotopic (exact) mass is 424 g/mol. The van der Waals surface area contributed by atoms with Crippen molar-refractivity contribution in [3.05, 3.63) is 0 Å². The summed E-state index contributed by atoms with van der Waals surface area (Å²) in [4.78, 5) is 17.4. The van der Waals surface area contributed by atoms with Crippen LogP contribution in [-0.2, 0) is 9.53 Å². The second kappa shape index (κ2) is 8.33. The van der Waals surface area contributed by atoms with Gasteiger partial charge in [0.2, 0.25) is 5.91 Å². The molecule has 0 bridgehead atoms. The number of ether oxygens (including phenoxy) is 1. The molecule has 0 aromatic carbocycles. The molecule has 0 aromatic rings. The van der Waals surface area contributed by atoms with Crippen molar-refractivity contribution in [3.8, 4) is 0 Å². The molecule has 6 nitrogen and oxygen atoms in total. The molecule has 2 fully saturated rings. The van der Waals surface area contributed by atoms with Crippen molar-refractivity contribution in [2.24, 2.45) is 10.4 Å². The number of guanidine groups is 1. The van der Waals surface area contributed by atoms with Gasteiger partial charge in [0.1, 0.15) is 0 Å². The second-order valence-corrected chi connectivity index (χ2v) is 6.18. The van der Waals surface area contributed by atoms with Crippen LogP contribution in [0.5, 0.6) is 0 Å². The highest BCUT2D eigenvalue weighted by molar-refractivity contribution is 14.0. The van der Waals surface area contributed by atoms with Gasteiger partial charge in [0.25, 0.3) is 0 Å². The molecule has 2 unspecified atom stereocenters. The first-order valence-electron chi connectivity index (χ1n) is 7.82. The molecule has 2 aliphatic carbocycles. The lowest BCUT2D eigenvalue weighted by molar-refractivity contribution is -0.168. The van der Waals surface area contributed by atoms with Gasteiger partial charge in [-0.15, -0.1) is 24.0 Å². The quantitative estimate of drug-likeness (QED) is 0.396. The standard InChI is InChI=1S/C15H28N4O2.HI/c1-5-21-12-9-11(15(12)7-6-8-15)18-14(16-2)17-10-13(20)19(3)4;/h11-12H,5-10H2,1-4H3,(H2,16,17,18);1H. The van der Waals surface area contributed by atoms with Crippen LogP contribution in [0.2, 0.25) is 0 Å². The van der Waals surface area contributed by atoms with Gasteiger partial charge in [-0.1, -0.05) is 6.42 Å². The molecule has 0 aromatic heterocycles. The van der Waals surface area contributed by atoms with Crippen LogP contribution in [0.4, 0.5) is 0 Å². The van der Waals surface area contributed by atoms with Crippen molar-refractivity contribution in [1.29, 1.82) is 0 Å². The minimum absolute atomic E-state index is 0. The molecule has 0 heterocycles. The molecule has 2 saturated carbocycles. The molecule has 0 radical (unpaired) electrons. The number of carbonyl (C=O) groups is 1. The summed E-state index contributed by atoms with van der Waals surface area (Å²) < 4.78 is 5.85. The highest BCUT2D eigenvalue weighted by Crippen LogP contribution is 2.57. The molecule has 2 N–H and O–H groups in total. The number of hydrogen-bond acceptors (Lipinski definition) is 3. The van der Waals surface area contributed by atoms with E-state index in [9.17, 15) is 4.79 Å². The van der Waals surface area contributed by atoms with Crippen LogP contribution in [0, 0.1) is 5.41 Å². The first-order chi connectivity index (χ1) is 10.0. The minimum Gasteiger partial charge on any atom is -0.378 e. The summed E-state index contributed by atoms with van der Waals surface area (Å²) in [5.41, 5.74) is 0.291. The van der Waals surface area contributed by atoms with E-state index in [1.807, 2.05) is 0 Å². The van der Waals surface area contributed by atoms with Crippen LogP contribution in [0.15, 0.2) is 4.99 Å². The Bertz CT molecular complexity index is 410. The summed E-state index contributed by atoms with van der Waals surface area (Å²) in [5, 5.41) is 6.56. The van der Waals surface area contributed by atoms with Gasteiger partial charge in [-0.3, -0.25) is 9.79 Å². The Kier molecular flexibility index (Phi) is 7.37. The fourth-order valence-electron chi connectivity index (χ4n) is 3.32. The van der Waals surface area contributed by atoms with E-state index in [-0.39, 0.29) is 36.4 Å². The molecule has 0 saturated heterocycles. The van der Waals surface area contributed by atoms with E-state index < -0.39 is 0 Å². The first-order valence-corrected chi connectivity index (χ1v) is 7.82. The molecule has 7 heteroatoms. The molecule has 1 amide bonds. The third-order valence-corrected chi connectivity index (χ3v) is 4.88. The van der Waals surface area contributed by atoms with Crippen molar-refractivity contribution in [2.45, 2.75) is 44.8 Å². The maximum Gasteiger partial charge on any atom is 0.241 e. The summed E-state index contributed by atoms with van der Waals surface area (Å²) in [7, 11) is 5.24. The maximum atomic E-state index is 11.6. The Morgan fingerprint density at radius 2 is 2.09 bits per heavy atom. The molecule has 22 heavy (non-hydrogen) atoms. The molecule has 1 spiro atoms. The number of likely N-dealkylation sites (N-methyl/N-ethyl adjacent to an activating group) is 1. The Balaban J connectivity index is 0.00000242. The number of nitrogens with one attached hydrogen (secondary N) is 2. The van der Waals surface area contributed by atoms with E-state index in [4.69, 9.17) is 4.74 Å². The third-order valence-electron chi connectivity index (χ3n) is 4.88. The van der Waals surface area contributed by atoms with Crippen molar-refractivity contribution < 1.29 is 9.53 Å². The average molecular weight is 424 g/mol. The summed E-state index contributed by atoms with van der Waals surface area (Å²) in [5.74, 6) is 0.744. The van der Waals surface area contributed by atoms with Gasteiger partial charge >= 0.3 is 0 Å². The number of halogens is 1. The average Bonchev–Trinajstić information content (AvgIpc) is 2.38. The van der Waals surface area contributed by atoms with E-state index in [0.717, 1.165) is 13.0 Å². The predicted molar refractivity (Wildman–Crippen MR) is 98.7 cm³/mol. The van der Waals surface area contributed by atoms with Gasteiger partial charge in [0, 0.05) is 39.2 Å². The highest BCUT2D eigenvalue weighted by Gasteiger charge is 2.59. The van der Waals surface area contributed by atoms with Crippen molar-refractivity contribution in [3.63, 3.8) is 0 Å². The summed E-state index contributed by atoms with van der Waals surface area (Å²) in [6.45, 7) is 3.10. The number of aliphatic imine (C=N–C) groups is 1.